The van der Waals surface area contributed by atoms with Crippen molar-refractivity contribution in [1.82, 2.24) is 4.90 Å². The fourth-order valence-corrected chi connectivity index (χ4v) is 2.30. The van der Waals surface area contributed by atoms with Gasteiger partial charge < -0.3 is 16.2 Å². The second-order valence-corrected chi connectivity index (χ2v) is 4.52. The fourth-order valence-electron chi connectivity index (χ4n) is 2.30. The van der Waals surface area contributed by atoms with E-state index in [9.17, 15) is 4.79 Å². The zero-order valence-electron chi connectivity index (χ0n) is 10.3. The summed E-state index contributed by atoms with van der Waals surface area (Å²) in [5.41, 5.74) is 11.7. The van der Waals surface area contributed by atoms with E-state index in [0.717, 1.165) is 25.1 Å². The van der Waals surface area contributed by atoms with Crippen LogP contribution < -0.4 is 16.2 Å². The number of hydrogen-bond donors (Lipinski definition) is 2. The highest BCUT2D eigenvalue weighted by molar-refractivity contribution is 5.80. The molecule has 1 aliphatic rings. The third-order valence-electron chi connectivity index (χ3n) is 3.20. The van der Waals surface area contributed by atoms with Gasteiger partial charge in [0.15, 0.2) is 0 Å². The number of likely N-dealkylation sites (tertiary alicyclic amines) is 1. The first-order valence-electron chi connectivity index (χ1n) is 6.18. The molecule has 1 heterocycles. The van der Waals surface area contributed by atoms with Gasteiger partial charge in [0.25, 0.3) is 0 Å². The number of primary amides is 1. The molecule has 2 rings (SSSR count). The maximum absolute atomic E-state index is 11.2. The lowest BCUT2D eigenvalue weighted by Gasteiger charge is -2.21. The van der Waals surface area contributed by atoms with Crippen molar-refractivity contribution in [1.29, 1.82) is 0 Å². The van der Waals surface area contributed by atoms with Gasteiger partial charge in [-0.3, -0.25) is 9.69 Å². The number of anilines is 1. The number of hydrogen-bond acceptors (Lipinski definition) is 4. The molecular formula is C13H19N3O2. The van der Waals surface area contributed by atoms with Crippen LogP contribution in [0.15, 0.2) is 24.3 Å². The quantitative estimate of drug-likeness (QED) is 0.749. The molecule has 1 aliphatic heterocycles. The van der Waals surface area contributed by atoms with Crippen LogP contribution in [0.2, 0.25) is 0 Å². The predicted octanol–water partition coefficient (Wildman–Crippen LogP) is 0.597. The van der Waals surface area contributed by atoms with Gasteiger partial charge in [0, 0.05) is 18.3 Å². The van der Waals surface area contributed by atoms with E-state index in [1.54, 1.807) is 6.07 Å². The topological polar surface area (TPSA) is 81.6 Å². The third kappa shape index (κ3) is 3.13. The number of benzene rings is 1. The summed E-state index contributed by atoms with van der Waals surface area (Å²) in [7, 11) is 0. The minimum Gasteiger partial charge on any atom is -0.492 e. The molecule has 0 aliphatic carbocycles. The average Bonchev–Trinajstić information content (AvgIpc) is 2.77. The first kappa shape index (κ1) is 12.7. The van der Waals surface area contributed by atoms with Crippen LogP contribution in [-0.2, 0) is 4.79 Å². The Labute approximate surface area is 107 Å². The number of ether oxygens (including phenoxy) is 1. The first-order chi connectivity index (χ1) is 8.66. The van der Waals surface area contributed by atoms with Crippen LogP contribution in [0.1, 0.15) is 12.8 Å². The van der Waals surface area contributed by atoms with Gasteiger partial charge in [-0.25, -0.2) is 0 Å². The van der Waals surface area contributed by atoms with E-state index in [-0.39, 0.29) is 11.9 Å². The van der Waals surface area contributed by atoms with Crippen molar-refractivity contribution in [2.75, 3.05) is 25.4 Å². The maximum atomic E-state index is 11.2. The molecule has 0 spiro atoms. The van der Waals surface area contributed by atoms with Gasteiger partial charge in [-0.05, 0) is 31.5 Å². The summed E-state index contributed by atoms with van der Waals surface area (Å²) in [6.07, 6.45) is 1.87. The van der Waals surface area contributed by atoms with Gasteiger partial charge in [-0.15, -0.1) is 0 Å². The van der Waals surface area contributed by atoms with E-state index in [4.69, 9.17) is 16.2 Å². The van der Waals surface area contributed by atoms with Crippen LogP contribution in [0.3, 0.4) is 0 Å². The van der Waals surface area contributed by atoms with Crippen LogP contribution in [-0.4, -0.2) is 36.5 Å². The number of carbonyl (C=O) groups excluding carboxylic acids is 1. The lowest BCUT2D eigenvalue weighted by atomic mass is 10.2. The molecule has 5 heteroatoms. The molecule has 98 valence electrons. The molecule has 1 aromatic carbocycles. The normalized spacial score (nSPS) is 19.9. The highest BCUT2D eigenvalue weighted by atomic mass is 16.5. The Morgan fingerprint density at radius 1 is 1.50 bits per heavy atom. The molecular weight excluding hydrogens is 230 g/mol. The number of nitrogens with zero attached hydrogens (tertiary/aromatic N) is 1. The molecule has 1 fully saturated rings. The number of nitrogen functional groups attached to an aromatic ring is 1. The summed E-state index contributed by atoms with van der Waals surface area (Å²) in [5.74, 6) is 0.515. The Hall–Kier alpha value is -1.75. The molecule has 0 aromatic heterocycles. The Bertz CT molecular complexity index is 422. The predicted molar refractivity (Wildman–Crippen MR) is 70.1 cm³/mol. The molecule has 0 saturated carbocycles. The van der Waals surface area contributed by atoms with Gasteiger partial charge in [0.05, 0.1) is 6.04 Å². The van der Waals surface area contributed by atoms with Crippen molar-refractivity contribution in [2.45, 2.75) is 18.9 Å². The van der Waals surface area contributed by atoms with Gasteiger partial charge in [0.1, 0.15) is 12.4 Å². The summed E-state index contributed by atoms with van der Waals surface area (Å²) in [5, 5.41) is 0. The molecule has 5 nitrogen and oxygen atoms in total. The van der Waals surface area contributed by atoms with E-state index in [1.807, 2.05) is 18.2 Å². The maximum Gasteiger partial charge on any atom is 0.234 e. The van der Waals surface area contributed by atoms with E-state index in [0.29, 0.717) is 18.8 Å². The van der Waals surface area contributed by atoms with E-state index >= 15 is 0 Å². The molecule has 0 bridgehead atoms. The van der Waals surface area contributed by atoms with Gasteiger partial charge in [-0.1, -0.05) is 6.07 Å². The Kier molecular flexibility index (Phi) is 4.04. The SMILES string of the molecule is NC(=O)C1CCCN1CCOc1cccc(N)c1. The van der Waals surface area contributed by atoms with Crippen LogP contribution in [0.5, 0.6) is 5.75 Å². The smallest absolute Gasteiger partial charge is 0.234 e. The summed E-state index contributed by atoms with van der Waals surface area (Å²) in [6.45, 7) is 2.16. The van der Waals surface area contributed by atoms with Crippen molar-refractivity contribution >= 4 is 11.6 Å². The third-order valence-corrected chi connectivity index (χ3v) is 3.20. The standard InChI is InChI=1S/C13H19N3O2/c14-10-3-1-4-11(9-10)18-8-7-16-6-2-5-12(16)13(15)17/h1,3-4,9,12H,2,5-8,14H2,(H2,15,17). The van der Waals surface area contributed by atoms with E-state index in [2.05, 4.69) is 4.90 Å². The minimum atomic E-state index is -0.239. The molecule has 4 N–H and O–H groups in total. The average molecular weight is 249 g/mol. The zero-order chi connectivity index (χ0) is 13.0. The number of carbonyl (C=O) groups is 1. The summed E-state index contributed by atoms with van der Waals surface area (Å²) in [6, 6.07) is 7.19. The number of rotatable bonds is 5. The van der Waals surface area contributed by atoms with Crippen molar-refractivity contribution in [2.24, 2.45) is 5.73 Å². The first-order valence-corrected chi connectivity index (χ1v) is 6.18. The van der Waals surface area contributed by atoms with E-state index < -0.39 is 0 Å². The molecule has 18 heavy (non-hydrogen) atoms. The van der Waals surface area contributed by atoms with Crippen molar-refractivity contribution < 1.29 is 9.53 Å². The zero-order valence-corrected chi connectivity index (χ0v) is 10.3. The Morgan fingerprint density at radius 3 is 3.06 bits per heavy atom. The number of nitrogens with two attached hydrogens (primary N) is 2. The lowest BCUT2D eigenvalue weighted by Crippen LogP contribution is -2.42. The van der Waals surface area contributed by atoms with Gasteiger partial charge in [0.2, 0.25) is 5.91 Å². The number of amides is 1. The van der Waals surface area contributed by atoms with Gasteiger partial charge in [-0.2, -0.15) is 0 Å². The monoisotopic (exact) mass is 249 g/mol. The Balaban J connectivity index is 1.80. The van der Waals surface area contributed by atoms with Crippen molar-refractivity contribution in [3.63, 3.8) is 0 Å². The highest BCUT2D eigenvalue weighted by Gasteiger charge is 2.28. The minimum absolute atomic E-state index is 0.130. The molecule has 1 aromatic rings. The van der Waals surface area contributed by atoms with Crippen LogP contribution in [0.4, 0.5) is 5.69 Å². The van der Waals surface area contributed by atoms with Crippen molar-refractivity contribution in [3.8, 4) is 5.75 Å². The second-order valence-electron chi connectivity index (χ2n) is 4.52. The van der Waals surface area contributed by atoms with Gasteiger partial charge >= 0.3 is 0 Å². The summed E-state index contributed by atoms with van der Waals surface area (Å²) < 4.78 is 5.60. The molecule has 0 radical (unpaired) electrons. The second kappa shape index (κ2) is 5.73. The largest absolute Gasteiger partial charge is 0.492 e. The summed E-state index contributed by atoms with van der Waals surface area (Å²) >= 11 is 0. The summed E-state index contributed by atoms with van der Waals surface area (Å²) in [4.78, 5) is 13.3. The Morgan fingerprint density at radius 2 is 2.33 bits per heavy atom. The van der Waals surface area contributed by atoms with Crippen molar-refractivity contribution in [3.05, 3.63) is 24.3 Å². The molecule has 1 unspecified atom stereocenters. The highest BCUT2D eigenvalue weighted by Crippen LogP contribution is 2.17. The van der Waals surface area contributed by atoms with E-state index in [1.165, 1.54) is 0 Å². The lowest BCUT2D eigenvalue weighted by molar-refractivity contribution is -0.122. The fraction of sp³-hybridized carbons (Fsp3) is 0.462. The molecule has 1 atom stereocenters. The van der Waals surface area contributed by atoms with Crippen LogP contribution in [0.25, 0.3) is 0 Å². The van der Waals surface area contributed by atoms with Crippen LogP contribution >= 0.6 is 0 Å². The molecule has 1 amide bonds. The molecule has 1 saturated heterocycles. The van der Waals surface area contributed by atoms with Crippen LogP contribution in [0, 0.1) is 0 Å².